The zero-order valence-electron chi connectivity index (χ0n) is 14.9. The predicted molar refractivity (Wildman–Crippen MR) is 97.4 cm³/mol. The number of esters is 1. The molecular formula is C20H24N2O3. The lowest BCUT2D eigenvalue weighted by atomic mass is 9.97. The summed E-state index contributed by atoms with van der Waals surface area (Å²) in [6.07, 6.45) is 2.56. The van der Waals surface area contributed by atoms with E-state index in [-0.39, 0.29) is 12.1 Å². The van der Waals surface area contributed by atoms with E-state index in [2.05, 4.69) is 16.0 Å². The highest BCUT2D eigenvalue weighted by molar-refractivity contribution is 5.95. The molecule has 0 N–H and O–H groups in total. The quantitative estimate of drug-likeness (QED) is 0.778. The molecule has 1 aliphatic heterocycles. The van der Waals surface area contributed by atoms with Gasteiger partial charge in [-0.1, -0.05) is 18.2 Å². The monoisotopic (exact) mass is 340 g/mol. The Kier molecular flexibility index (Phi) is 5.22. The Balaban J connectivity index is 1.82. The third-order valence-electron chi connectivity index (χ3n) is 4.42. The fourth-order valence-electron chi connectivity index (χ4n) is 3.30. The van der Waals surface area contributed by atoms with Gasteiger partial charge in [-0.15, -0.1) is 0 Å². The molecule has 2 aromatic rings. The Morgan fingerprint density at radius 2 is 2.04 bits per heavy atom. The highest BCUT2D eigenvalue weighted by atomic mass is 16.5. The SMILES string of the molecule is COc1ccccc1C1CCN(c2ncccc2C(=O)OC(C)C)C1. The smallest absolute Gasteiger partial charge is 0.342 e. The molecule has 0 saturated carbocycles. The maximum atomic E-state index is 12.4. The van der Waals surface area contributed by atoms with Gasteiger partial charge in [0, 0.05) is 25.2 Å². The summed E-state index contributed by atoms with van der Waals surface area (Å²) < 4.78 is 10.9. The van der Waals surface area contributed by atoms with Crippen LogP contribution >= 0.6 is 0 Å². The average Bonchev–Trinajstić information content (AvgIpc) is 3.11. The van der Waals surface area contributed by atoms with Crippen molar-refractivity contribution in [3.63, 3.8) is 0 Å². The second-order valence-electron chi connectivity index (χ2n) is 6.50. The molecule has 3 rings (SSSR count). The van der Waals surface area contributed by atoms with Gasteiger partial charge in [0.2, 0.25) is 0 Å². The van der Waals surface area contributed by atoms with E-state index >= 15 is 0 Å². The molecule has 0 spiro atoms. The van der Waals surface area contributed by atoms with E-state index in [1.807, 2.05) is 32.0 Å². The van der Waals surface area contributed by atoms with E-state index in [1.165, 1.54) is 5.56 Å². The number of para-hydroxylation sites is 1. The number of aromatic nitrogens is 1. The minimum absolute atomic E-state index is 0.152. The van der Waals surface area contributed by atoms with Crippen molar-refractivity contribution in [1.29, 1.82) is 0 Å². The van der Waals surface area contributed by atoms with Crippen LogP contribution in [0.25, 0.3) is 0 Å². The fraction of sp³-hybridized carbons (Fsp3) is 0.400. The number of rotatable bonds is 5. The molecule has 0 amide bonds. The molecule has 0 bridgehead atoms. The van der Waals surface area contributed by atoms with Crippen molar-refractivity contribution in [1.82, 2.24) is 4.98 Å². The van der Waals surface area contributed by atoms with E-state index in [0.717, 1.165) is 25.3 Å². The first-order valence-electron chi connectivity index (χ1n) is 8.64. The number of ether oxygens (including phenoxy) is 2. The first-order valence-corrected chi connectivity index (χ1v) is 8.64. The molecule has 1 aromatic carbocycles. The maximum absolute atomic E-state index is 12.4. The van der Waals surface area contributed by atoms with Crippen LogP contribution in [0, 0.1) is 0 Å². The van der Waals surface area contributed by atoms with Gasteiger partial charge >= 0.3 is 5.97 Å². The third kappa shape index (κ3) is 3.76. The molecule has 132 valence electrons. The minimum Gasteiger partial charge on any atom is -0.496 e. The summed E-state index contributed by atoms with van der Waals surface area (Å²) in [7, 11) is 1.70. The predicted octanol–water partition coefficient (Wildman–Crippen LogP) is 3.65. The van der Waals surface area contributed by atoms with E-state index in [1.54, 1.807) is 25.4 Å². The van der Waals surface area contributed by atoms with Gasteiger partial charge in [0.15, 0.2) is 0 Å². The highest BCUT2D eigenvalue weighted by Gasteiger charge is 2.29. The summed E-state index contributed by atoms with van der Waals surface area (Å²) in [6.45, 7) is 5.35. The standard InChI is InChI=1S/C20H24N2O3/c1-14(2)25-20(23)17-8-6-11-21-19(17)22-12-10-15(13-22)16-7-4-5-9-18(16)24-3/h4-9,11,14-15H,10,12-13H2,1-3H3. The zero-order valence-corrected chi connectivity index (χ0v) is 14.9. The van der Waals surface area contributed by atoms with Gasteiger partial charge in [-0.25, -0.2) is 9.78 Å². The summed E-state index contributed by atoms with van der Waals surface area (Å²) in [5.41, 5.74) is 1.73. The third-order valence-corrected chi connectivity index (χ3v) is 4.42. The van der Waals surface area contributed by atoms with Crippen LogP contribution in [0.2, 0.25) is 0 Å². The number of carbonyl (C=O) groups excluding carboxylic acids is 1. The summed E-state index contributed by atoms with van der Waals surface area (Å²) in [5.74, 6) is 1.64. The van der Waals surface area contributed by atoms with Crippen molar-refractivity contribution in [2.75, 3.05) is 25.1 Å². The highest BCUT2D eigenvalue weighted by Crippen LogP contribution is 2.35. The van der Waals surface area contributed by atoms with E-state index in [0.29, 0.717) is 17.3 Å². The van der Waals surface area contributed by atoms with Crippen LogP contribution in [0.4, 0.5) is 5.82 Å². The van der Waals surface area contributed by atoms with Gasteiger partial charge in [-0.05, 0) is 44.0 Å². The summed E-state index contributed by atoms with van der Waals surface area (Å²) in [6, 6.07) is 11.7. The molecule has 25 heavy (non-hydrogen) atoms. The average molecular weight is 340 g/mol. The number of hydrogen-bond donors (Lipinski definition) is 0. The molecular weight excluding hydrogens is 316 g/mol. The first-order chi connectivity index (χ1) is 12.1. The number of methoxy groups -OCH3 is 1. The largest absolute Gasteiger partial charge is 0.496 e. The van der Waals surface area contributed by atoms with Crippen LogP contribution in [-0.2, 0) is 4.74 Å². The van der Waals surface area contributed by atoms with Crippen molar-refractivity contribution in [3.05, 3.63) is 53.7 Å². The molecule has 0 aliphatic carbocycles. The second kappa shape index (κ2) is 7.55. The molecule has 0 radical (unpaired) electrons. The Morgan fingerprint density at radius 1 is 1.24 bits per heavy atom. The molecule has 1 atom stereocenters. The Bertz CT molecular complexity index is 745. The van der Waals surface area contributed by atoms with Crippen LogP contribution in [0.3, 0.4) is 0 Å². The van der Waals surface area contributed by atoms with Gasteiger partial charge < -0.3 is 14.4 Å². The van der Waals surface area contributed by atoms with Crippen molar-refractivity contribution in [3.8, 4) is 5.75 Å². The van der Waals surface area contributed by atoms with Gasteiger partial charge in [-0.2, -0.15) is 0 Å². The lowest BCUT2D eigenvalue weighted by Crippen LogP contribution is -2.24. The molecule has 5 nitrogen and oxygen atoms in total. The second-order valence-corrected chi connectivity index (χ2v) is 6.50. The number of nitrogens with zero attached hydrogens (tertiary/aromatic N) is 2. The van der Waals surface area contributed by atoms with Crippen molar-refractivity contribution in [2.45, 2.75) is 32.3 Å². The molecule has 5 heteroatoms. The molecule has 1 unspecified atom stereocenters. The van der Waals surface area contributed by atoms with Crippen LogP contribution in [-0.4, -0.2) is 37.3 Å². The summed E-state index contributed by atoms with van der Waals surface area (Å²) in [4.78, 5) is 19.0. The lowest BCUT2D eigenvalue weighted by Gasteiger charge is -2.21. The van der Waals surface area contributed by atoms with Crippen LogP contribution in [0.1, 0.15) is 42.1 Å². The van der Waals surface area contributed by atoms with Gasteiger partial charge in [-0.3, -0.25) is 0 Å². The zero-order chi connectivity index (χ0) is 17.8. The minimum atomic E-state index is -0.321. The van der Waals surface area contributed by atoms with Gasteiger partial charge in [0.05, 0.1) is 13.2 Å². The van der Waals surface area contributed by atoms with Crippen molar-refractivity contribution in [2.24, 2.45) is 0 Å². The fourth-order valence-corrected chi connectivity index (χ4v) is 3.30. The van der Waals surface area contributed by atoms with Crippen LogP contribution in [0.15, 0.2) is 42.6 Å². The summed E-state index contributed by atoms with van der Waals surface area (Å²) in [5, 5.41) is 0. The molecule has 1 fully saturated rings. The number of anilines is 1. The van der Waals surface area contributed by atoms with Gasteiger partial charge in [0.1, 0.15) is 17.1 Å². The van der Waals surface area contributed by atoms with Crippen LogP contribution < -0.4 is 9.64 Å². The maximum Gasteiger partial charge on any atom is 0.342 e. The van der Waals surface area contributed by atoms with E-state index in [4.69, 9.17) is 9.47 Å². The number of carbonyl (C=O) groups is 1. The number of hydrogen-bond acceptors (Lipinski definition) is 5. The normalized spacial score (nSPS) is 17.0. The van der Waals surface area contributed by atoms with Crippen molar-refractivity contribution < 1.29 is 14.3 Å². The number of benzene rings is 1. The van der Waals surface area contributed by atoms with E-state index < -0.39 is 0 Å². The molecule has 2 heterocycles. The Morgan fingerprint density at radius 3 is 2.80 bits per heavy atom. The topological polar surface area (TPSA) is 51.7 Å². The van der Waals surface area contributed by atoms with Gasteiger partial charge in [0.25, 0.3) is 0 Å². The van der Waals surface area contributed by atoms with Crippen molar-refractivity contribution >= 4 is 11.8 Å². The molecule has 1 aromatic heterocycles. The van der Waals surface area contributed by atoms with E-state index in [9.17, 15) is 4.79 Å². The Hall–Kier alpha value is -2.56. The molecule has 1 saturated heterocycles. The first kappa shape index (κ1) is 17.3. The lowest BCUT2D eigenvalue weighted by molar-refractivity contribution is 0.0378. The molecule has 1 aliphatic rings. The Labute approximate surface area is 148 Å². The van der Waals surface area contributed by atoms with Crippen LogP contribution in [0.5, 0.6) is 5.75 Å². The number of pyridine rings is 1. The summed E-state index contributed by atoms with van der Waals surface area (Å²) >= 11 is 0.